The fourth-order valence-corrected chi connectivity index (χ4v) is 3.59. The first-order valence-corrected chi connectivity index (χ1v) is 10.1. The van der Waals surface area contributed by atoms with Gasteiger partial charge in [0.15, 0.2) is 11.0 Å². The standard InChI is InChI=1S/C20H21N5OS/c26-18(22-17-8-9-17)14-27-20-24-23-19(16-7-4-11-21-13-16)25(20)12-10-15-5-2-1-3-6-15/h1-7,11,13,17H,8-10,12,14H2,(H,22,26). The average molecular weight is 379 g/mol. The molecule has 0 bridgehead atoms. The summed E-state index contributed by atoms with van der Waals surface area (Å²) in [5.74, 6) is 1.19. The lowest BCUT2D eigenvalue weighted by molar-refractivity contribution is -0.118. The first-order chi connectivity index (χ1) is 13.3. The Hall–Kier alpha value is -2.67. The van der Waals surface area contributed by atoms with Gasteiger partial charge in [0.05, 0.1) is 5.75 Å². The second-order valence-electron chi connectivity index (χ2n) is 6.57. The van der Waals surface area contributed by atoms with Gasteiger partial charge in [0.25, 0.3) is 0 Å². The molecule has 1 fully saturated rings. The highest BCUT2D eigenvalue weighted by Crippen LogP contribution is 2.25. The van der Waals surface area contributed by atoms with Crippen LogP contribution in [0.25, 0.3) is 11.4 Å². The van der Waals surface area contributed by atoms with Gasteiger partial charge in [0.1, 0.15) is 0 Å². The zero-order chi connectivity index (χ0) is 18.5. The van der Waals surface area contributed by atoms with Crippen LogP contribution in [-0.2, 0) is 17.8 Å². The maximum Gasteiger partial charge on any atom is 0.230 e. The lowest BCUT2D eigenvalue weighted by Gasteiger charge is -2.10. The summed E-state index contributed by atoms with van der Waals surface area (Å²) in [6.07, 6.45) is 6.58. The van der Waals surface area contributed by atoms with Crippen LogP contribution in [0.2, 0.25) is 0 Å². The van der Waals surface area contributed by atoms with Crippen LogP contribution in [0.15, 0.2) is 60.0 Å². The summed E-state index contributed by atoms with van der Waals surface area (Å²) in [4.78, 5) is 16.2. The first kappa shape index (κ1) is 17.7. The topological polar surface area (TPSA) is 72.7 Å². The van der Waals surface area contributed by atoms with Gasteiger partial charge in [-0.05, 0) is 37.0 Å². The quantitative estimate of drug-likeness (QED) is 0.609. The van der Waals surface area contributed by atoms with E-state index in [0.29, 0.717) is 11.8 Å². The fraction of sp³-hybridized carbons (Fsp3) is 0.300. The van der Waals surface area contributed by atoms with Crippen molar-refractivity contribution in [3.05, 3.63) is 60.4 Å². The third-order valence-corrected chi connectivity index (χ3v) is 5.35. The third-order valence-electron chi connectivity index (χ3n) is 4.38. The number of aryl methyl sites for hydroxylation is 1. The number of thioether (sulfide) groups is 1. The second kappa shape index (κ2) is 8.35. The number of hydrogen-bond acceptors (Lipinski definition) is 5. The molecule has 1 aliphatic rings. The van der Waals surface area contributed by atoms with Crippen LogP contribution in [0.5, 0.6) is 0 Å². The molecule has 0 unspecified atom stereocenters. The van der Waals surface area contributed by atoms with E-state index in [-0.39, 0.29) is 5.91 Å². The minimum absolute atomic E-state index is 0.0584. The second-order valence-corrected chi connectivity index (χ2v) is 7.51. The van der Waals surface area contributed by atoms with E-state index >= 15 is 0 Å². The minimum Gasteiger partial charge on any atom is -0.353 e. The SMILES string of the molecule is O=C(CSc1nnc(-c2cccnc2)n1CCc1ccccc1)NC1CC1. The molecule has 1 amide bonds. The Morgan fingerprint density at radius 1 is 1.15 bits per heavy atom. The molecule has 0 atom stereocenters. The first-order valence-electron chi connectivity index (χ1n) is 9.09. The number of benzene rings is 1. The molecule has 0 aliphatic heterocycles. The van der Waals surface area contributed by atoms with Gasteiger partial charge in [-0.2, -0.15) is 0 Å². The van der Waals surface area contributed by atoms with Gasteiger partial charge < -0.3 is 9.88 Å². The molecule has 1 saturated carbocycles. The van der Waals surface area contributed by atoms with Crippen LogP contribution in [0.4, 0.5) is 0 Å². The van der Waals surface area contributed by atoms with Gasteiger partial charge in [-0.15, -0.1) is 10.2 Å². The van der Waals surface area contributed by atoms with Crippen LogP contribution < -0.4 is 5.32 Å². The molecular formula is C20H21N5OS. The summed E-state index contributed by atoms with van der Waals surface area (Å²) >= 11 is 1.43. The Kier molecular flexibility index (Phi) is 5.48. The molecule has 4 rings (SSSR count). The molecular weight excluding hydrogens is 358 g/mol. The van der Waals surface area contributed by atoms with E-state index < -0.39 is 0 Å². The molecule has 2 aromatic heterocycles. The van der Waals surface area contributed by atoms with E-state index in [1.54, 1.807) is 12.4 Å². The predicted molar refractivity (Wildman–Crippen MR) is 105 cm³/mol. The van der Waals surface area contributed by atoms with Gasteiger partial charge in [-0.1, -0.05) is 42.1 Å². The maximum atomic E-state index is 12.0. The fourth-order valence-electron chi connectivity index (χ4n) is 2.82. The molecule has 27 heavy (non-hydrogen) atoms. The number of hydrogen-bond donors (Lipinski definition) is 1. The van der Waals surface area contributed by atoms with Gasteiger partial charge >= 0.3 is 0 Å². The number of nitrogens with zero attached hydrogens (tertiary/aromatic N) is 4. The Balaban J connectivity index is 1.52. The molecule has 138 valence electrons. The van der Waals surface area contributed by atoms with E-state index in [9.17, 15) is 4.79 Å². The summed E-state index contributed by atoms with van der Waals surface area (Å²) in [7, 11) is 0. The van der Waals surface area contributed by atoms with Gasteiger partial charge in [0, 0.05) is 30.5 Å². The summed E-state index contributed by atoms with van der Waals surface area (Å²) in [6.45, 7) is 0.744. The van der Waals surface area contributed by atoms with Crippen molar-refractivity contribution in [2.45, 2.75) is 37.0 Å². The van der Waals surface area contributed by atoms with E-state index in [1.165, 1.54) is 17.3 Å². The Labute approximate surface area is 162 Å². The monoisotopic (exact) mass is 379 g/mol. The number of carbonyl (C=O) groups is 1. The Bertz CT molecular complexity index is 893. The van der Waals surface area contributed by atoms with Crippen LogP contribution in [0.1, 0.15) is 18.4 Å². The predicted octanol–water partition coefficient (Wildman–Crippen LogP) is 2.95. The van der Waals surface area contributed by atoms with Crippen molar-refractivity contribution < 1.29 is 4.79 Å². The van der Waals surface area contributed by atoms with Crippen LogP contribution >= 0.6 is 11.8 Å². The zero-order valence-corrected chi connectivity index (χ0v) is 15.7. The number of pyridine rings is 1. The Morgan fingerprint density at radius 3 is 2.74 bits per heavy atom. The zero-order valence-electron chi connectivity index (χ0n) is 14.9. The van der Waals surface area contributed by atoms with Crippen molar-refractivity contribution in [1.29, 1.82) is 0 Å². The van der Waals surface area contributed by atoms with Gasteiger partial charge in [0.2, 0.25) is 5.91 Å². The average Bonchev–Trinajstić information content (AvgIpc) is 3.43. The molecule has 2 heterocycles. The van der Waals surface area contributed by atoms with Gasteiger partial charge in [-0.25, -0.2) is 0 Å². The smallest absolute Gasteiger partial charge is 0.230 e. The summed E-state index contributed by atoms with van der Waals surface area (Å²) in [6, 6.07) is 14.6. The van der Waals surface area contributed by atoms with Crippen LogP contribution in [-0.4, -0.2) is 37.5 Å². The molecule has 7 heteroatoms. The molecule has 0 radical (unpaired) electrons. The van der Waals surface area contributed by atoms with Crippen LogP contribution in [0, 0.1) is 0 Å². The Morgan fingerprint density at radius 2 is 2.00 bits per heavy atom. The van der Waals surface area contributed by atoms with E-state index in [1.807, 2.05) is 30.3 Å². The van der Waals surface area contributed by atoms with Crippen molar-refractivity contribution >= 4 is 17.7 Å². The molecule has 1 aliphatic carbocycles. The highest BCUT2D eigenvalue weighted by Gasteiger charge is 2.23. The van der Waals surface area contributed by atoms with Crippen molar-refractivity contribution in [1.82, 2.24) is 25.1 Å². The summed E-state index contributed by atoms with van der Waals surface area (Å²) in [5, 5.41) is 12.5. The molecule has 1 aromatic carbocycles. The summed E-state index contributed by atoms with van der Waals surface area (Å²) < 4.78 is 2.08. The number of rotatable bonds is 8. The molecule has 1 N–H and O–H groups in total. The highest BCUT2D eigenvalue weighted by molar-refractivity contribution is 7.99. The van der Waals surface area contributed by atoms with E-state index in [2.05, 4.69) is 37.2 Å². The molecule has 0 spiro atoms. The summed E-state index contributed by atoms with van der Waals surface area (Å²) in [5.41, 5.74) is 2.18. The molecule has 6 nitrogen and oxygen atoms in total. The lowest BCUT2D eigenvalue weighted by atomic mass is 10.1. The van der Waals surface area contributed by atoms with Gasteiger partial charge in [-0.3, -0.25) is 9.78 Å². The van der Waals surface area contributed by atoms with E-state index in [0.717, 1.165) is 42.4 Å². The number of carbonyl (C=O) groups excluding carboxylic acids is 1. The normalized spacial score (nSPS) is 13.5. The number of aromatic nitrogens is 4. The molecule has 0 saturated heterocycles. The molecule has 3 aromatic rings. The van der Waals surface area contributed by atoms with E-state index in [4.69, 9.17) is 0 Å². The minimum atomic E-state index is 0.0584. The van der Waals surface area contributed by atoms with Crippen molar-refractivity contribution in [3.63, 3.8) is 0 Å². The largest absolute Gasteiger partial charge is 0.353 e. The number of nitrogens with one attached hydrogen (secondary N) is 1. The number of amides is 1. The lowest BCUT2D eigenvalue weighted by Crippen LogP contribution is -2.27. The highest BCUT2D eigenvalue weighted by atomic mass is 32.2. The van der Waals surface area contributed by atoms with Crippen molar-refractivity contribution in [3.8, 4) is 11.4 Å². The van der Waals surface area contributed by atoms with Crippen LogP contribution in [0.3, 0.4) is 0 Å². The van der Waals surface area contributed by atoms with Crippen molar-refractivity contribution in [2.75, 3.05) is 5.75 Å². The van der Waals surface area contributed by atoms with Crippen molar-refractivity contribution in [2.24, 2.45) is 0 Å². The third kappa shape index (κ3) is 4.74. The maximum absolute atomic E-state index is 12.0.